The number of nitrogens with one attached hydrogen (secondary N) is 1. The van der Waals surface area contributed by atoms with Gasteiger partial charge in [0, 0.05) is 18.8 Å². The molecule has 0 spiro atoms. The summed E-state index contributed by atoms with van der Waals surface area (Å²) in [7, 11) is -2.23. The number of aliphatic hydroxyl groups excluding tert-OH is 1. The molecule has 0 bridgehead atoms. The third kappa shape index (κ3) is 3.82. The summed E-state index contributed by atoms with van der Waals surface area (Å²) in [6.07, 6.45) is 0.851. The van der Waals surface area contributed by atoms with Crippen LogP contribution in [0.25, 0.3) is 0 Å². The van der Waals surface area contributed by atoms with Crippen LogP contribution >= 0.6 is 0 Å². The summed E-state index contributed by atoms with van der Waals surface area (Å²) in [4.78, 5) is 1.97. The normalized spacial score (nSPS) is 11.5. The topological polar surface area (TPSA) is 95.7 Å². The molecular weight excluding hydrogens is 266 g/mol. The van der Waals surface area contributed by atoms with Crippen molar-refractivity contribution in [2.24, 2.45) is 0 Å². The van der Waals surface area contributed by atoms with E-state index >= 15 is 0 Å². The molecule has 0 fully saturated rings. The first-order valence-corrected chi connectivity index (χ1v) is 7.63. The van der Waals surface area contributed by atoms with Crippen LogP contribution in [-0.2, 0) is 10.0 Å². The van der Waals surface area contributed by atoms with Crippen molar-refractivity contribution < 1.29 is 13.5 Å². The molecule has 19 heavy (non-hydrogen) atoms. The lowest BCUT2D eigenvalue weighted by atomic mass is 10.2. The Morgan fingerprint density at radius 2 is 2.05 bits per heavy atom. The van der Waals surface area contributed by atoms with Gasteiger partial charge in [0.2, 0.25) is 10.0 Å². The fourth-order valence-corrected chi connectivity index (χ4v) is 2.84. The van der Waals surface area contributed by atoms with Gasteiger partial charge >= 0.3 is 0 Å². The third-order valence-electron chi connectivity index (χ3n) is 2.75. The van der Waals surface area contributed by atoms with Gasteiger partial charge in [-0.15, -0.1) is 0 Å². The minimum atomic E-state index is -3.59. The van der Waals surface area contributed by atoms with Crippen LogP contribution in [0.1, 0.15) is 13.3 Å². The minimum Gasteiger partial charge on any atom is -0.399 e. The van der Waals surface area contributed by atoms with Crippen molar-refractivity contribution in [1.29, 1.82) is 0 Å². The molecule has 1 aromatic rings. The summed E-state index contributed by atoms with van der Waals surface area (Å²) in [5.74, 6) is 0. The van der Waals surface area contributed by atoms with Gasteiger partial charge in [-0.3, -0.25) is 0 Å². The molecule has 4 N–H and O–H groups in total. The van der Waals surface area contributed by atoms with Crippen LogP contribution < -0.4 is 15.4 Å². The monoisotopic (exact) mass is 287 g/mol. The molecule has 6 nitrogen and oxygen atoms in total. The van der Waals surface area contributed by atoms with Crippen molar-refractivity contribution in [2.45, 2.75) is 18.2 Å². The molecular formula is C12H21N3O3S. The van der Waals surface area contributed by atoms with E-state index in [-0.39, 0.29) is 11.5 Å². The maximum absolute atomic E-state index is 12.0. The van der Waals surface area contributed by atoms with Crippen molar-refractivity contribution in [3.63, 3.8) is 0 Å². The molecule has 0 aliphatic rings. The Balaban J connectivity index is 3.33. The number of hydrogen-bond acceptors (Lipinski definition) is 5. The highest BCUT2D eigenvalue weighted by molar-refractivity contribution is 7.89. The van der Waals surface area contributed by atoms with Crippen molar-refractivity contribution in [2.75, 3.05) is 37.4 Å². The number of nitrogens with two attached hydrogens (primary N) is 1. The molecule has 1 rings (SSSR count). The van der Waals surface area contributed by atoms with E-state index < -0.39 is 10.0 Å². The number of nitrogen functional groups attached to an aromatic ring is 1. The molecule has 0 atom stereocenters. The van der Waals surface area contributed by atoms with Crippen molar-refractivity contribution in [3.8, 4) is 0 Å². The molecule has 0 heterocycles. The molecule has 0 aromatic heterocycles. The summed E-state index contributed by atoms with van der Waals surface area (Å²) >= 11 is 0. The number of nitrogens with zero attached hydrogens (tertiary/aromatic N) is 1. The average molecular weight is 287 g/mol. The van der Waals surface area contributed by atoms with Crippen LogP contribution in [0.3, 0.4) is 0 Å². The van der Waals surface area contributed by atoms with Gasteiger partial charge in [0.15, 0.2) is 0 Å². The highest BCUT2D eigenvalue weighted by atomic mass is 32.2. The van der Waals surface area contributed by atoms with E-state index in [4.69, 9.17) is 10.8 Å². The summed E-state index contributed by atoms with van der Waals surface area (Å²) in [6, 6.07) is 4.76. The van der Waals surface area contributed by atoms with Gasteiger partial charge in [-0.2, -0.15) is 0 Å². The zero-order valence-electron chi connectivity index (χ0n) is 11.3. The lowest BCUT2D eigenvalue weighted by molar-refractivity contribution is 0.301. The lowest BCUT2D eigenvalue weighted by Crippen LogP contribution is -2.30. The van der Waals surface area contributed by atoms with E-state index in [0.717, 1.165) is 6.42 Å². The summed E-state index contributed by atoms with van der Waals surface area (Å²) in [6.45, 7) is 3.00. The van der Waals surface area contributed by atoms with Crippen LogP contribution in [-0.4, -0.2) is 40.3 Å². The second-order valence-corrected chi connectivity index (χ2v) is 6.00. The molecule has 0 radical (unpaired) electrons. The highest BCUT2D eigenvalue weighted by Gasteiger charge is 2.20. The first-order valence-electron chi connectivity index (χ1n) is 6.15. The van der Waals surface area contributed by atoms with Gasteiger partial charge in [-0.25, -0.2) is 13.1 Å². The fourth-order valence-electron chi connectivity index (χ4n) is 1.86. The number of aliphatic hydroxyl groups is 1. The Morgan fingerprint density at radius 1 is 1.37 bits per heavy atom. The van der Waals surface area contributed by atoms with E-state index in [1.807, 2.05) is 11.8 Å². The molecule has 0 unspecified atom stereocenters. The average Bonchev–Trinajstić information content (AvgIpc) is 2.38. The summed E-state index contributed by atoms with van der Waals surface area (Å²) in [5.41, 5.74) is 6.61. The molecule has 108 valence electrons. The number of hydrogen-bond donors (Lipinski definition) is 3. The number of rotatable bonds is 7. The van der Waals surface area contributed by atoms with Crippen LogP contribution in [0, 0.1) is 0 Å². The summed E-state index contributed by atoms with van der Waals surface area (Å²) < 4.78 is 26.4. The van der Waals surface area contributed by atoms with Crippen molar-refractivity contribution in [1.82, 2.24) is 4.72 Å². The van der Waals surface area contributed by atoms with Gasteiger partial charge in [0.25, 0.3) is 0 Å². The van der Waals surface area contributed by atoms with Crippen molar-refractivity contribution >= 4 is 21.4 Å². The van der Waals surface area contributed by atoms with Crippen LogP contribution in [0.15, 0.2) is 23.1 Å². The number of anilines is 2. The molecule has 0 aliphatic carbocycles. The zero-order chi connectivity index (χ0) is 14.5. The van der Waals surface area contributed by atoms with E-state index in [9.17, 15) is 8.42 Å². The van der Waals surface area contributed by atoms with Gasteiger partial charge < -0.3 is 15.7 Å². The van der Waals surface area contributed by atoms with Gasteiger partial charge in [0.05, 0.1) is 12.3 Å². The van der Waals surface area contributed by atoms with E-state index in [1.54, 1.807) is 12.1 Å². The largest absolute Gasteiger partial charge is 0.399 e. The van der Waals surface area contributed by atoms with E-state index in [1.165, 1.54) is 13.1 Å². The highest BCUT2D eigenvalue weighted by Crippen LogP contribution is 2.27. The van der Waals surface area contributed by atoms with Gasteiger partial charge in [-0.05, 0) is 31.7 Å². The smallest absolute Gasteiger partial charge is 0.242 e. The molecule has 1 aromatic carbocycles. The second-order valence-electron chi connectivity index (χ2n) is 4.15. The number of benzene rings is 1. The molecule has 0 aliphatic heterocycles. The first kappa shape index (κ1) is 15.7. The Bertz CT molecular complexity index is 511. The lowest BCUT2D eigenvalue weighted by Gasteiger charge is -2.25. The van der Waals surface area contributed by atoms with Gasteiger partial charge in [0.1, 0.15) is 4.90 Å². The SMILES string of the molecule is CCCN(CCO)c1ccc(N)cc1S(=O)(=O)NC. The fraction of sp³-hybridized carbons (Fsp3) is 0.500. The first-order chi connectivity index (χ1) is 8.96. The van der Waals surface area contributed by atoms with Crippen LogP contribution in [0.2, 0.25) is 0 Å². The molecule has 0 saturated carbocycles. The Morgan fingerprint density at radius 3 is 2.58 bits per heavy atom. The Labute approximate surface area is 114 Å². The van der Waals surface area contributed by atoms with Crippen LogP contribution in [0.5, 0.6) is 0 Å². The predicted molar refractivity (Wildman–Crippen MR) is 76.7 cm³/mol. The predicted octanol–water partition coefficient (Wildman–Crippen LogP) is 0.386. The van der Waals surface area contributed by atoms with Crippen LogP contribution in [0.4, 0.5) is 11.4 Å². The van der Waals surface area contributed by atoms with Crippen molar-refractivity contribution in [3.05, 3.63) is 18.2 Å². The van der Waals surface area contributed by atoms with Gasteiger partial charge in [-0.1, -0.05) is 6.92 Å². The molecule has 7 heteroatoms. The van der Waals surface area contributed by atoms with E-state index in [2.05, 4.69) is 4.72 Å². The summed E-state index contributed by atoms with van der Waals surface area (Å²) in [5, 5.41) is 9.10. The molecule has 0 amide bonds. The number of sulfonamides is 1. The Kier molecular flexibility index (Phi) is 5.59. The Hall–Kier alpha value is -1.31. The minimum absolute atomic E-state index is 0.0383. The zero-order valence-corrected chi connectivity index (χ0v) is 12.1. The standard InChI is InChI=1S/C12H21N3O3S/c1-3-6-15(7-8-16)11-5-4-10(13)9-12(11)19(17,18)14-2/h4-5,9,14,16H,3,6-8,13H2,1-2H3. The molecule has 0 saturated heterocycles. The van der Waals surface area contributed by atoms with E-state index in [0.29, 0.717) is 24.5 Å². The third-order valence-corrected chi connectivity index (χ3v) is 4.19. The maximum atomic E-state index is 12.0. The second kappa shape index (κ2) is 6.74. The quantitative estimate of drug-likeness (QED) is 0.630. The maximum Gasteiger partial charge on any atom is 0.242 e.